The molecule has 0 aliphatic rings. The molecule has 158 valence electrons. The number of nitrogens with zero attached hydrogens (tertiary/aromatic N) is 3. The molecule has 9 heteroatoms. The Morgan fingerprint density at radius 3 is 2.74 bits per heavy atom. The highest BCUT2D eigenvalue weighted by atomic mass is 19.3. The van der Waals surface area contributed by atoms with E-state index in [1.165, 1.54) is 6.07 Å². The van der Waals surface area contributed by atoms with Crippen molar-refractivity contribution in [3.8, 4) is 17.0 Å². The molecule has 0 saturated heterocycles. The first-order valence-corrected chi connectivity index (χ1v) is 9.43. The highest BCUT2D eigenvalue weighted by Gasteiger charge is 2.18. The van der Waals surface area contributed by atoms with Crippen LogP contribution < -0.4 is 10.1 Å². The third-order valence-corrected chi connectivity index (χ3v) is 4.62. The Morgan fingerprint density at radius 1 is 1.19 bits per heavy atom. The van der Waals surface area contributed by atoms with Gasteiger partial charge in [0.15, 0.2) is 5.75 Å². The number of carbonyl (C=O) groups excluding carboxylic acids is 1. The van der Waals surface area contributed by atoms with Crippen LogP contribution in [0.3, 0.4) is 0 Å². The monoisotopic (exact) mass is 426 g/mol. The maximum Gasteiger partial charge on any atom is 0.387 e. The molecular weight excluding hydrogens is 409 g/mol. The van der Waals surface area contributed by atoms with Gasteiger partial charge in [0.05, 0.1) is 28.7 Å². The van der Waals surface area contributed by atoms with E-state index in [1.807, 2.05) is 13.1 Å². The third-order valence-electron chi connectivity index (χ3n) is 4.62. The molecule has 31 heavy (non-hydrogen) atoms. The van der Waals surface area contributed by atoms with Crippen LogP contribution in [0.2, 0.25) is 0 Å². The van der Waals surface area contributed by atoms with Crippen molar-refractivity contribution in [1.29, 1.82) is 0 Å². The van der Waals surface area contributed by atoms with Gasteiger partial charge in [-0.2, -0.15) is 13.9 Å². The summed E-state index contributed by atoms with van der Waals surface area (Å²) in [5.41, 5.74) is 2.04. The number of rotatable bonds is 6. The molecule has 2 aromatic carbocycles. The predicted molar refractivity (Wildman–Crippen MR) is 110 cm³/mol. The number of aromatic nitrogens is 3. The first-order valence-electron chi connectivity index (χ1n) is 9.43. The normalized spacial score (nSPS) is 11.1. The van der Waals surface area contributed by atoms with E-state index >= 15 is 0 Å². The van der Waals surface area contributed by atoms with Crippen LogP contribution in [0.1, 0.15) is 17.3 Å². The zero-order valence-corrected chi connectivity index (χ0v) is 16.3. The molecule has 1 amide bonds. The SMILES string of the molecule is CCn1cc(-c2cc(C(=O)Nc3ccc(F)cc3OC(F)F)c3ccccc3n2)cn1. The van der Waals surface area contributed by atoms with Crippen LogP contribution in [0.4, 0.5) is 18.9 Å². The minimum atomic E-state index is -3.17. The standard InChI is InChI=1S/C22H17F3N4O2/c1-2-29-12-13(11-26-29)19-10-16(15-5-3-4-6-17(15)27-19)21(30)28-18-8-7-14(23)9-20(18)31-22(24)25/h3-12,22H,2H2,1H3,(H,28,30). The second-order valence-electron chi connectivity index (χ2n) is 6.63. The smallest absolute Gasteiger partial charge is 0.387 e. The largest absolute Gasteiger partial charge is 0.432 e. The first kappa shape index (κ1) is 20.4. The number of halogens is 3. The quantitative estimate of drug-likeness (QED) is 0.465. The minimum absolute atomic E-state index is 0.0760. The Labute approximate surface area is 175 Å². The molecule has 0 bridgehead atoms. The van der Waals surface area contributed by atoms with Gasteiger partial charge in [-0.15, -0.1) is 0 Å². The van der Waals surface area contributed by atoms with E-state index in [2.05, 4.69) is 20.1 Å². The van der Waals surface area contributed by atoms with Gasteiger partial charge in [-0.3, -0.25) is 9.48 Å². The van der Waals surface area contributed by atoms with Gasteiger partial charge < -0.3 is 10.1 Å². The fourth-order valence-corrected chi connectivity index (χ4v) is 3.16. The summed E-state index contributed by atoms with van der Waals surface area (Å²) in [5.74, 6) is -1.81. The zero-order valence-electron chi connectivity index (χ0n) is 16.3. The van der Waals surface area contributed by atoms with E-state index in [0.29, 0.717) is 23.1 Å². The number of carbonyl (C=O) groups is 1. The van der Waals surface area contributed by atoms with Crippen LogP contribution >= 0.6 is 0 Å². The van der Waals surface area contributed by atoms with Crippen LogP contribution in [0.25, 0.3) is 22.2 Å². The zero-order chi connectivity index (χ0) is 22.0. The van der Waals surface area contributed by atoms with Crippen LogP contribution in [0.5, 0.6) is 5.75 Å². The summed E-state index contributed by atoms with van der Waals surface area (Å²) in [6, 6.07) is 11.7. The van der Waals surface area contributed by atoms with Crippen LogP contribution in [0, 0.1) is 5.82 Å². The average molecular weight is 426 g/mol. The number of para-hydroxylation sites is 1. The van der Waals surface area contributed by atoms with Gasteiger partial charge in [0.2, 0.25) is 0 Å². The van der Waals surface area contributed by atoms with E-state index in [-0.39, 0.29) is 11.3 Å². The highest BCUT2D eigenvalue weighted by molar-refractivity contribution is 6.13. The van der Waals surface area contributed by atoms with Crippen molar-refractivity contribution < 1.29 is 22.7 Å². The fourth-order valence-electron chi connectivity index (χ4n) is 3.16. The minimum Gasteiger partial charge on any atom is -0.432 e. The number of fused-ring (bicyclic) bond motifs is 1. The average Bonchev–Trinajstić information content (AvgIpc) is 3.24. The fraction of sp³-hybridized carbons (Fsp3) is 0.136. The van der Waals surface area contributed by atoms with Gasteiger partial charge >= 0.3 is 6.61 Å². The lowest BCUT2D eigenvalue weighted by Gasteiger charge is -2.13. The number of hydrogen-bond donors (Lipinski definition) is 1. The number of ether oxygens (including phenoxy) is 1. The molecule has 2 aromatic heterocycles. The lowest BCUT2D eigenvalue weighted by Crippen LogP contribution is -2.15. The molecule has 2 heterocycles. The number of nitrogens with one attached hydrogen (secondary N) is 1. The van der Waals surface area contributed by atoms with Crippen molar-refractivity contribution in [1.82, 2.24) is 14.8 Å². The van der Waals surface area contributed by atoms with E-state index in [9.17, 15) is 18.0 Å². The predicted octanol–water partition coefficient (Wildman–Crippen LogP) is 5.11. The topological polar surface area (TPSA) is 69.0 Å². The molecular formula is C22H17F3N4O2. The number of amides is 1. The Kier molecular flexibility index (Phi) is 5.57. The lowest BCUT2D eigenvalue weighted by atomic mass is 10.0. The van der Waals surface area contributed by atoms with Gasteiger partial charge in [0.1, 0.15) is 5.82 Å². The van der Waals surface area contributed by atoms with Crippen molar-refractivity contribution in [2.24, 2.45) is 0 Å². The van der Waals surface area contributed by atoms with E-state index in [4.69, 9.17) is 0 Å². The Hall–Kier alpha value is -3.88. The second-order valence-corrected chi connectivity index (χ2v) is 6.63. The summed E-state index contributed by atoms with van der Waals surface area (Å²) in [6.07, 6.45) is 3.46. The third kappa shape index (κ3) is 4.35. The molecule has 0 aliphatic carbocycles. The highest BCUT2D eigenvalue weighted by Crippen LogP contribution is 2.30. The number of benzene rings is 2. The first-order chi connectivity index (χ1) is 14.9. The maximum atomic E-state index is 13.5. The number of alkyl halides is 2. The van der Waals surface area contributed by atoms with Gasteiger partial charge in [-0.25, -0.2) is 9.37 Å². The van der Waals surface area contributed by atoms with E-state index in [1.54, 1.807) is 41.2 Å². The summed E-state index contributed by atoms with van der Waals surface area (Å²) >= 11 is 0. The molecule has 0 radical (unpaired) electrons. The van der Waals surface area contributed by atoms with Crippen LogP contribution in [0.15, 0.2) is 60.9 Å². The Balaban J connectivity index is 1.76. The maximum absolute atomic E-state index is 13.5. The molecule has 1 N–H and O–H groups in total. The summed E-state index contributed by atoms with van der Waals surface area (Å²) in [5, 5.41) is 7.34. The summed E-state index contributed by atoms with van der Waals surface area (Å²) in [7, 11) is 0. The van der Waals surface area contributed by atoms with Crippen molar-refractivity contribution in [2.45, 2.75) is 20.1 Å². The van der Waals surface area contributed by atoms with E-state index in [0.717, 1.165) is 17.7 Å². The Bertz CT molecular complexity index is 1260. The summed E-state index contributed by atoms with van der Waals surface area (Å²) in [4.78, 5) is 17.7. The van der Waals surface area contributed by atoms with Crippen molar-refractivity contribution in [3.05, 3.63) is 72.3 Å². The molecule has 4 aromatic rings. The molecule has 0 atom stereocenters. The number of pyridine rings is 1. The summed E-state index contributed by atoms with van der Waals surface area (Å²) < 4.78 is 45.0. The van der Waals surface area contributed by atoms with Gasteiger partial charge in [-0.05, 0) is 31.2 Å². The van der Waals surface area contributed by atoms with Crippen molar-refractivity contribution in [2.75, 3.05) is 5.32 Å². The molecule has 6 nitrogen and oxygen atoms in total. The van der Waals surface area contributed by atoms with Crippen LogP contribution in [-0.4, -0.2) is 27.3 Å². The van der Waals surface area contributed by atoms with Crippen LogP contribution in [-0.2, 0) is 6.54 Å². The molecule has 0 spiro atoms. The van der Waals surface area contributed by atoms with Gasteiger partial charge in [0.25, 0.3) is 5.91 Å². The lowest BCUT2D eigenvalue weighted by molar-refractivity contribution is -0.0495. The number of anilines is 1. The van der Waals surface area contributed by atoms with Crippen molar-refractivity contribution in [3.63, 3.8) is 0 Å². The van der Waals surface area contributed by atoms with Gasteiger partial charge in [-0.1, -0.05) is 18.2 Å². The second kappa shape index (κ2) is 8.47. The molecule has 0 aliphatic heterocycles. The number of hydrogen-bond acceptors (Lipinski definition) is 4. The van der Waals surface area contributed by atoms with Gasteiger partial charge in [0, 0.05) is 29.8 Å². The molecule has 0 fully saturated rings. The summed E-state index contributed by atoms with van der Waals surface area (Å²) in [6.45, 7) is -0.537. The molecule has 0 saturated carbocycles. The molecule has 0 unspecified atom stereocenters. The van der Waals surface area contributed by atoms with E-state index < -0.39 is 24.1 Å². The van der Waals surface area contributed by atoms with Crippen molar-refractivity contribution >= 4 is 22.5 Å². The Morgan fingerprint density at radius 2 is 2.00 bits per heavy atom. The number of aryl methyl sites for hydroxylation is 1. The molecule has 4 rings (SSSR count).